The summed E-state index contributed by atoms with van der Waals surface area (Å²) in [5.74, 6) is 0.521. The molecule has 0 radical (unpaired) electrons. The second-order valence-electron chi connectivity index (χ2n) is 5.54. The number of anilines is 1. The van der Waals surface area contributed by atoms with Gasteiger partial charge in [0.25, 0.3) is 0 Å². The molecule has 0 saturated carbocycles. The van der Waals surface area contributed by atoms with Crippen LogP contribution in [-0.2, 0) is 0 Å². The number of para-hydroxylation sites is 1. The average molecular weight is 270 g/mol. The fraction of sp³-hybridized carbons (Fsp3) is 0.375. The van der Waals surface area contributed by atoms with Gasteiger partial charge in [-0.1, -0.05) is 25.1 Å². The van der Waals surface area contributed by atoms with E-state index in [9.17, 15) is 9.90 Å². The number of pyridine rings is 1. The molecule has 0 spiro atoms. The van der Waals surface area contributed by atoms with Gasteiger partial charge in [-0.3, -0.25) is 0 Å². The third-order valence-corrected chi connectivity index (χ3v) is 3.91. The largest absolute Gasteiger partial charge is 0.478 e. The summed E-state index contributed by atoms with van der Waals surface area (Å²) in [5, 5.41) is 10.1. The molecule has 4 heteroatoms. The van der Waals surface area contributed by atoms with Crippen LogP contribution in [0.15, 0.2) is 30.3 Å². The molecule has 1 aromatic carbocycles. The highest BCUT2D eigenvalue weighted by molar-refractivity contribution is 6.03. The first-order chi connectivity index (χ1) is 9.65. The normalized spacial score (nSPS) is 19.2. The van der Waals surface area contributed by atoms with Gasteiger partial charge >= 0.3 is 5.97 Å². The Bertz CT molecular complexity index is 654. The summed E-state index contributed by atoms with van der Waals surface area (Å²) >= 11 is 0. The van der Waals surface area contributed by atoms with Gasteiger partial charge in [0.1, 0.15) is 5.82 Å². The number of nitrogens with zero attached hydrogens (tertiary/aromatic N) is 2. The lowest BCUT2D eigenvalue weighted by molar-refractivity contribution is 0.0699. The Morgan fingerprint density at radius 1 is 1.40 bits per heavy atom. The first-order valence-corrected chi connectivity index (χ1v) is 7.03. The van der Waals surface area contributed by atoms with Crippen molar-refractivity contribution in [1.82, 2.24) is 4.98 Å². The molecule has 104 valence electrons. The van der Waals surface area contributed by atoms with Crippen molar-refractivity contribution in [2.75, 3.05) is 18.0 Å². The highest BCUT2D eigenvalue weighted by Crippen LogP contribution is 2.26. The smallest absolute Gasteiger partial charge is 0.336 e. The molecule has 0 bridgehead atoms. The van der Waals surface area contributed by atoms with Gasteiger partial charge in [0.05, 0.1) is 11.1 Å². The number of piperidine rings is 1. The number of aromatic carboxylic acids is 1. The van der Waals surface area contributed by atoms with Crippen LogP contribution in [0.25, 0.3) is 10.9 Å². The zero-order valence-corrected chi connectivity index (χ0v) is 11.5. The van der Waals surface area contributed by atoms with Gasteiger partial charge in [-0.05, 0) is 30.9 Å². The molecular formula is C16H18N2O2. The monoisotopic (exact) mass is 270 g/mol. The van der Waals surface area contributed by atoms with E-state index in [0.717, 1.165) is 30.8 Å². The van der Waals surface area contributed by atoms with Crippen LogP contribution in [0.4, 0.5) is 5.82 Å². The van der Waals surface area contributed by atoms with E-state index in [2.05, 4.69) is 16.8 Å². The summed E-state index contributed by atoms with van der Waals surface area (Å²) < 4.78 is 0. The molecular weight excluding hydrogens is 252 g/mol. The maximum absolute atomic E-state index is 11.5. The van der Waals surface area contributed by atoms with Gasteiger partial charge in [-0.2, -0.15) is 0 Å². The third-order valence-electron chi connectivity index (χ3n) is 3.91. The van der Waals surface area contributed by atoms with E-state index in [-0.39, 0.29) is 0 Å². The second kappa shape index (κ2) is 5.12. The van der Waals surface area contributed by atoms with E-state index < -0.39 is 5.97 Å². The number of carbonyl (C=O) groups is 1. The number of carboxylic acid groups (broad SMARTS) is 1. The van der Waals surface area contributed by atoms with Crippen LogP contribution >= 0.6 is 0 Å². The Kier molecular flexibility index (Phi) is 3.30. The summed E-state index contributed by atoms with van der Waals surface area (Å²) in [6, 6.07) is 9.14. The van der Waals surface area contributed by atoms with E-state index in [1.807, 2.05) is 24.3 Å². The van der Waals surface area contributed by atoms with Crippen molar-refractivity contribution in [3.05, 3.63) is 35.9 Å². The number of hydrogen-bond acceptors (Lipinski definition) is 3. The van der Waals surface area contributed by atoms with Gasteiger partial charge in [0, 0.05) is 18.5 Å². The molecule has 0 aliphatic carbocycles. The summed E-state index contributed by atoms with van der Waals surface area (Å²) in [5.41, 5.74) is 1.09. The summed E-state index contributed by atoms with van der Waals surface area (Å²) in [4.78, 5) is 18.3. The lowest BCUT2D eigenvalue weighted by atomic mass is 10.00. The van der Waals surface area contributed by atoms with E-state index >= 15 is 0 Å². The lowest BCUT2D eigenvalue weighted by Crippen LogP contribution is -2.34. The van der Waals surface area contributed by atoms with Crippen LogP contribution in [-0.4, -0.2) is 29.1 Å². The fourth-order valence-corrected chi connectivity index (χ4v) is 2.90. The molecule has 1 aliphatic heterocycles. The molecule has 0 amide bonds. The molecule has 1 atom stereocenters. The fourth-order valence-electron chi connectivity index (χ4n) is 2.90. The topological polar surface area (TPSA) is 53.4 Å². The van der Waals surface area contributed by atoms with Crippen LogP contribution < -0.4 is 4.90 Å². The number of benzene rings is 1. The van der Waals surface area contributed by atoms with Gasteiger partial charge in [-0.25, -0.2) is 9.78 Å². The van der Waals surface area contributed by atoms with Crippen LogP contribution in [0.5, 0.6) is 0 Å². The lowest BCUT2D eigenvalue weighted by Gasteiger charge is -2.32. The van der Waals surface area contributed by atoms with Gasteiger partial charge < -0.3 is 10.0 Å². The minimum atomic E-state index is -0.894. The minimum absolute atomic E-state index is 0.337. The Morgan fingerprint density at radius 2 is 2.20 bits per heavy atom. The standard InChI is InChI=1S/C16H18N2O2/c1-11-5-4-8-18(10-11)15-9-13(16(19)20)12-6-2-3-7-14(12)17-15/h2-3,6-7,9,11H,4-5,8,10H2,1H3,(H,19,20). The first-order valence-electron chi connectivity index (χ1n) is 7.03. The Hall–Kier alpha value is -2.10. The molecule has 2 aromatic rings. The zero-order valence-electron chi connectivity index (χ0n) is 11.5. The second-order valence-corrected chi connectivity index (χ2v) is 5.54. The average Bonchev–Trinajstić information content (AvgIpc) is 2.46. The minimum Gasteiger partial charge on any atom is -0.478 e. The Labute approximate surface area is 118 Å². The predicted molar refractivity (Wildman–Crippen MR) is 79.3 cm³/mol. The van der Waals surface area contributed by atoms with E-state index in [1.165, 1.54) is 6.42 Å². The highest BCUT2D eigenvalue weighted by atomic mass is 16.4. The van der Waals surface area contributed by atoms with Crippen LogP contribution in [0, 0.1) is 5.92 Å². The molecule has 1 aromatic heterocycles. The zero-order chi connectivity index (χ0) is 14.1. The SMILES string of the molecule is CC1CCCN(c2cc(C(=O)O)c3ccccc3n2)C1. The third kappa shape index (κ3) is 2.33. The molecule has 1 saturated heterocycles. The van der Waals surface area contributed by atoms with Crippen molar-refractivity contribution in [3.63, 3.8) is 0 Å². The predicted octanol–water partition coefficient (Wildman–Crippen LogP) is 3.17. The van der Waals surface area contributed by atoms with Crippen LogP contribution in [0.3, 0.4) is 0 Å². The number of rotatable bonds is 2. The summed E-state index contributed by atoms with van der Waals surface area (Å²) in [6.07, 6.45) is 2.37. The molecule has 1 fully saturated rings. The molecule has 3 rings (SSSR count). The summed E-state index contributed by atoms with van der Waals surface area (Å²) in [6.45, 7) is 4.13. The van der Waals surface area contributed by atoms with Crippen molar-refractivity contribution < 1.29 is 9.90 Å². The van der Waals surface area contributed by atoms with Crippen molar-refractivity contribution in [2.24, 2.45) is 5.92 Å². The number of hydrogen-bond donors (Lipinski definition) is 1. The van der Waals surface area contributed by atoms with Crippen molar-refractivity contribution >= 4 is 22.7 Å². The number of aromatic nitrogens is 1. The molecule has 4 nitrogen and oxygen atoms in total. The van der Waals surface area contributed by atoms with Crippen molar-refractivity contribution in [1.29, 1.82) is 0 Å². The molecule has 1 N–H and O–H groups in total. The maximum atomic E-state index is 11.5. The van der Waals surface area contributed by atoms with E-state index in [1.54, 1.807) is 6.07 Å². The first kappa shape index (κ1) is 12.9. The van der Waals surface area contributed by atoms with Gasteiger partial charge in [-0.15, -0.1) is 0 Å². The van der Waals surface area contributed by atoms with Crippen molar-refractivity contribution in [3.8, 4) is 0 Å². The van der Waals surface area contributed by atoms with E-state index in [0.29, 0.717) is 16.9 Å². The van der Waals surface area contributed by atoms with Crippen molar-refractivity contribution in [2.45, 2.75) is 19.8 Å². The van der Waals surface area contributed by atoms with Crippen LogP contribution in [0.1, 0.15) is 30.1 Å². The highest BCUT2D eigenvalue weighted by Gasteiger charge is 2.20. The van der Waals surface area contributed by atoms with E-state index in [4.69, 9.17) is 0 Å². The summed E-state index contributed by atoms with van der Waals surface area (Å²) in [7, 11) is 0. The van der Waals surface area contributed by atoms with Crippen LogP contribution in [0.2, 0.25) is 0 Å². The number of fused-ring (bicyclic) bond motifs is 1. The number of carboxylic acids is 1. The molecule has 1 unspecified atom stereocenters. The molecule has 2 heterocycles. The maximum Gasteiger partial charge on any atom is 0.336 e. The van der Waals surface area contributed by atoms with Gasteiger partial charge in [0.2, 0.25) is 0 Å². The molecule has 20 heavy (non-hydrogen) atoms. The van der Waals surface area contributed by atoms with Gasteiger partial charge in [0.15, 0.2) is 0 Å². The Balaban J connectivity index is 2.09. The molecule has 1 aliphatic rings. The quantitative estimate of drug-likeness (QED) is 0.910. The Morgan fingerprint density at radius 3 is 2.95 bits per heavy atom.